The van der Waals surface area contributed by atoms with Crippen LogP contribution in [0.25, 0.3) is 11.2 Å². The molecule has 4 aromatic rings. The lowest BCUT2D eigenvalue weighted by Crippen LogP contribution is -2.44. The van der Waals surface area contributed by atoms with Gasteiger partial charge in [0.25, 0.3) is 5.56 Å². The Hall–Kier alpha value is -3.65. The Balaban J connectivity index is 1.66. The number of hydrogen-bond acceptors (Lipinski definition) is 6. The third kappa shape index (κ3) is 4.09. The van der Waals surface area contributed by atoms with Crippen molar-refractivity contribution in [2.24, 2.45) is 12.8 Å². The number of imidazole rings is 1. The van der Waals surface area contributed by atoms with Gasteiger partial charge in [0.05, 0.1) is 6.54 Å². The van der Waals surface area contributed by atoms with Crippen molar-refractivity contribution in [1.82, 2.24) is 19.1 Å². The molecular formula is C25H28N6O2. The van der Waals surface area contributed by atoms with Crippen LogP contribution >= 0.6 is 0 Å². The highest BCUT2D eigenvalue weighted by Gasteiger charge is 2.26. The maximum atomic E-state index is 13.5. The summed E-state index contributed by atoms with van der Waals surface area (Å²) in [5.74, 6) is 1.34. The lowest BCUT2D eigenvalue weighted by Gasteiger charge is -2.32. The molecule has 0 radical (unpaired) electrons. The number of para-hydroxylation sites is 1. The molecule has 0 aliphatic carbocycles. The Morgan fingerprint density at radius 3 is 2.61 bits per heavy atom. The maximum absolute atomic E-state index is 13.5. The summed E-state index contributed by atoms with van der Waals surface area (Å²) in [6, 6.07) is 17.8. The summed E-state index contributed by atoms with van der Waals surface area (Å²) in [7, 11) is 1.68. The van der Waals surface area contributed by atoms with Gasteiger partial charge in [0, 0.05) is 26.2 Å². The van der Waals surface area contributed by atoms with E-state index >= 15 is 0 Å². The van der Waals surface area contributed by atoms with Gasteiger partial charge in [-0.1, -0.05) is 42.5 Å². The first-order valence-corrected chi connectivity index (χ1v) is 11.3. The lowest BCUT2D eigenvalue weighted by atomic mass is 10.1. The molecular weight excluding hydrogens is 416 g/mol. The Morgan fingerprint density at radius 1 is 1.09 bits per heavy atom. The molecule has 3 heterocycles. The first kappa shape index (κ1) is 21.2. The molecule has 0 unspecified atom stereocenters. The molecule has 1 fully saturated rings. The zero-order chi connectivity index (χ0) is 22.9. The van der Waals surface area contributed by atoms with Crippen LogP contribution in [0.3, 0.4) is 0 Å². The van der Waals surface area contributed by atoms with E-state index in [0.29, 0.717) is 30.0 Å². The van der Waals surface area contributed by atoms with Gasteiger partial charge in [-0.15, -0.1) is 0 Å². The number of ether oxygens (including phenoxy) is 1. The zero-order valence-electron chi connectivity index (χ0n) is 18.9. The lowest BCUT2D eigenvalue weighted by molar-refractivity contribution is 0.415. The topological polar surface area (TPSA) is 91.2 Å². The highest BCUT2D eigenvalue weighted by Crippen LogP contribution is 2.26. The fourth-order valence-corrected chi connectivity index (χ4v) is 4.35. The number of aromatic nitrogens is 4. The number of hydrogen-bond donors (Lipinski definition) is 1. The van der Waals surface area contributed by atoms with Gasteiger partial charge in [-0.05, 0) is 43.0 Å². The molecule has 5 rings (SSSR count). The normalized spacial score (nSPS) is 16.3. The second-order valence-corrected chi connectivity index (χ2v) is 8.62. The van der Waals surface area contributed by atoms with Gasteiger partial charge in [-0.3, -0.25) is 13.9 Å². The predicted octanol–water partition coefficient (Wildman–Crippen LogP) is 3.21. The third-order valence-electron chi connectivity index (χ3n) is 6.21. The Bertz CT molecular complexity index is 1340. The molecule has 0 amide bonds. The number of nitrogens with two attached hydrogens (primary N) is 1. The first-order chi connectivity index (χ1) is 16.0. The molecule has 8 nitrogen and oxygen atoms in total. The van der Waals surface area contributed by atoms with E-state index in [-0.39, 0.29) is 17.6 Å². The highest BCUT2D eigenvalue weighted by atomic mass is 16.5. The van der Waals surface area contributed by atoms with Crippen molar-refractivity contribution < 1.29 is 4.74 Å². The van der Waals surface area contributed by atoms with Crippen LogP contribution in [0.15, 0.2) is 59.4 Å². The minimum Gasteiger partial charge on any atom is -0.425 e. The van der Waals surface area contributed by atoms with Crippen LogP contribution < -0.4 is 20.9 Å². The van der Waals surface area contributed by atoms with Crippen molar-refractivity contribution in [3.05, 3.63) is 76.1 Å². The standard InChI is InChI=1S/C25H28N6O2/c1-17-9-6-7-10-18(17)15-31-21-22(27-24(31)30-14-8-11-19(26)16-30)28-25(29(2)23(21)32)33-20-12-4-3-5-13-20/h3-7,9-10,12-13,19H,8,11,14-16,26H2,1-2H3/t19-/m1/s1. The minimum absolute atomic E-state index is 0.0817. The Labute approximate surface area is 192 Å². The monoisotopic (exact) mass is 444 g/mol. The van der Waals surface area contributed by atoms with E-state index in [4.69, 9.17) is 15.5 Å². The largest absolute Gasteiger partial charge is 0.425 e. The average molecular weight is 445 g/mol. The molecule has 170 valence electrons. The van der Waals surface area contributed by atoms with Gasteiger partial charge in [-0.2, -0.15) is 9.97 Å². The van der Waals surface area contributed by atoms with Crippen LogP contribution in [0, 0.1) is 6.92 Å². The van der Waals surface area contributed by atoms with Crippen LogP contribution in [-0.2, 0) is 13.6 Å². The van der Waals surface area contributed by atoms with E-state index in [0.717, 1.165) is 36.5 Å². The Morgan fingerprint density at radius 2 is 1.85 bits per heavy atom. The van der Waals surface area contributed by atoms with E-state index < -0.39 is 0 Å². The number of benzene rings is 2. The fourth-order valence-electron chi connectivity index (χ4n) is 4.35. The highest BCUT2D eigenvalue weighted by molar-refractivity contribution is 5.75. The molecule has 2 aromatic heterocycles. The summed E-state index contributed by atoms with van der Waals surface area (Å²) in [4.78, 5) is 25.2. The maximum Gasteiger partial charge on any atom is 0.306 e. The molecule has 0 saturated carbocycles. The second kappa shape index (κ2) is 8.71. The van der Waals surface area contributed by atoms with Crippen molar-refractivity contribution in [1.29, 1.82) is 0 Å². The van der Waals surface area contributed by atoms with Crippen LogP contribution in [0.5, 0.6) is 11.8 Å². The van der Waals surface area contributed by atoms with E-state index in [1.54, 1.807) is 7.05 Å². The van der Waals surface area contributed by atoms with E-state index in [1.807, 2.05) is 47.0 Å². The summed E-state index contributed by atoms with van der Waals surface area (Å²) in [5, 5.41) is 0. The van der Waals surface area contributed by atoms with Crippen molar-refractivity contribution in [3.8, 4) is 11.8 Å². The van der Waals surface area contributed by atoms with Gasteiger partial charge in [-0.25, -0.2) is 0 Å². The fraction of sp³-hybridized carbons (Fsp3) is 0.320. The summed E-state index contributed by atoms with van der Waals surface area (Å²) in [6.07, 6.45) is 1.98. The second-order valence-electron chi connectivity index (χ2n) is 8.62. The predicted molar refractivity (Wildman–Crippen MR) is 129 cm³/mol. The smallest absolute Gasteiger partial charge is 0.306 e. The van der Waals surface area contributed by atoms with Crippen molar-refractivity contribution in [2.45, 2.75) is 32.4 Å². The summed E-state index contributed by atoms with van der Waals surface area (Å²) in [5.41, 5.74) is 9.21. The first-order valence-electron chi connectivity index (χ1n) is 11.3. The van der Waals surface area contributed by atoms with Gasteiger partial charge in [0.2, 0.25) is 5.95 Å². The van der Waals surface area contributed by atoms with Gasteiger partial charge in [0.1, 0.15) is 5.75 Å². The molecule has 0 bridgehead atoms. The molecule has 33 heavy (non-hydrogen) atoms. The van der Waals surface area contributed by atoms with E-state index in [9.17, 15) is 4.79 Å². The van der Waals surface area contributed by atoms with E-state index in [2.05, 4.69) is 28.9 Å². The average Bonchev–Trinajstić information content (AvgIpc) is 3.17. The SMILES string of the molecule is Cc1ccccc1Cn1c(N2CCC[C@@H](N)C2)nc2nc(Oc3ccccc3)n(C)c(=O)c21. The Kier molecular flexibility index (Phi) is 5.60. The molecule has 1 aliphatic rings. The van der Waals surface area contributed by atoms with E-state index in [1.165, 1.54) is 4.57 Å². The number of piperidine rings is 1. The third-order valence-corrected chi connectivity index (χ3v) is 6.21. The molecule has 1 saturated heterocycles. The summed E-state index contributed by atoms with van der Waals surface area (Å²) < 4.78 is 9.34. The number of rotatable bonds is 5. The number of fused-ring (bicyclic) bond motifs is 1. The van der Waals surface area contributed by atoms with Crippen LogP contribution in [-0.4, -0.2) is 38.2 Å². The molecule has 1 atom stereocenters. The van der Waals surface area contributed by atoms with Crippen molar-refractivity contribution in [3.63, 3.8) is 0 Å². The van der Waals surface area contributed by atoms with Crippen molar-refractivity contribution >= 4 is 17.1 Å². The molecule has 1 aliphatic heterocycles. The van der Waals surface area contributed by atoms with Gasteiger partial charge < -0.3 is 15.4 Å². The summed E-state index contributed by atoms with van der Waals surface area (Å²) in [6.45, 7) is 4.15. The van der Waals surface area contributed by atoms with Gasteiger partial charge in [0.15, 0.2) is 11.2 Å². The zero-order valence-corrected chi connectivity index (χ0v) is 18.9. The van der Waals surface area contributed by atoms with Crippen LogP contribution in [0.2, 0.25) is 0 Å². The van der Waals surface area contributed by atoms with Crippen molar-refractivity contribution in [2.75, 3.05) is 18.0 Å². The number of aryl methyl sites for hydroxylation is 1. The van der Waals surface area contributed by atoms with Gasteiger partial charge >= 0.3 is 6.01 Å². The molecule has 2 N–H and O–H groups in total. The quantitative estimate of drug-likeness (QED) is 0.508. The molecule has 8 heteroatoms. The number of nitrogens with zero attached hydrogens (tertiary/aromatic N) is 5. The molecule has 0 spiro atoms. The molecule has 2 aromatic carbocycles. The van der Waals surface area contributed by atoms with Crippen LogP contribution in [0.1, 0.15) is 24.0 Å². The number of anilines is 1. The van der Waals surface area contributed by atoms with Crippen LogP contribution in [0.4, 0.5) is 5.95 Å². The summed E-state index contributed by atoms with van der Waals surface area (Å²) >= 11 is 0. The minimum atomic E-state index is -0.195.